The number of alkyl halides is 3. The maximum Gasteiger partial charge on any atom is 0.417 e. The lowest BCUT2D eigenvalue weighted by Crippen LogP contribution is -2.29. The maximum absolute atomic E-state index is 13.6. The fourth-order valence-electron chi connectivity index (χ4n) is 3.53. The second-order valence-electron chi connectivity index (χ2n) is 9.16. The summed E-state index contributed by atoms with van der Waals surface area (Å²) in [5, 5.41) is 12.3. The van der Waals surface area contributed by atoms with Gasteiger partial charge in [-0.3, -0.25) is 9.52 Å². The minimum absolute atomic E-state index is 0.0213. The van der Waals surface area contributed by atoms with Gasteiger partial charge in [-0.1, -0.05) is 38.1 Å². The Balaban J connectivity index is 0.00000191. The van der Waals surface area contributed by atoms with E-state index in [9.17, 15) is 23.1 Å². The molecule has 0 spiro atoms. The molecule has 0 aliphatic carbocycles. The number of aliphatic hydroxyl groups excluding tert-OH is 1. The monoisotopic (exact) mass is 598 g/mol. The summed E-state index contributed by atoms with van der Waals surface area (Å²) < 4.78 is 56.1. The summed E-state index contributed by atoms with van der Waals surface area (Å²) in [4.78, 5) is 13.8. The Labute approximate surface area is 244 Å². The van der Waals surface area contributed by atoms with Gasteiger partial charge in [-0.25, -0.2) is 0 Å². The van der Waals surface area contributed by atoms with E-state index in [2.05, 4.69) is 22.9 Å². The summed E-state index contributed by atoms with van der Waals surface area (Å²) in [7, 11) is 1.52. The van der Waals surface area contributed by atoms with Crippen LogP contribution in [0.15, 0.2) is 65.6 Å². The molecule has 0 atom stereocenters. The Morgan fingerprint density at radius 1 is 0.975 bits per heavy atom. The fraction of sp³-hybridized carbons (Fsp3) is 0.345. The van der Waals surface area contributed by atoms with Crippen LogP contribution in [0.3, 0.4) is 0 Å². The molecule has 0 bridgehead atoms. The number of rotatable bonds is 8. The van der Waals surface area contributed by atoms with E-state index in [1.165, 1.54) is 43.3 Å². The van der Waals surface area contributed by atoms with Gasteiger partial charge in [-0.15, -0.1) is 0 Å². The Kier molecular flexibility index (Phi) is 14.6. The molecule has 0 saturated carbocycles. The van der Waals surface area contributed by atoms with Crippen molar-refractivity contribution in [1.29, 1.82) is 0 Å². The predicted octanol–water partition coefficient (Wildman–Crippen LogP) is 7.98. The first-order valence-electron chi connectivity index (χ1n) is 12.5. The number of anilines is 1. The number of methoxy groups -OCH3 is 1. The number of halogens is 3. The van der Waals surface area contributed by atoms with Crippen molar-refractivity contribution in [2.45, 2.75) is 57.7 Å². The lowest BCUT2D eigenvalue weighted by Gasteiger charge is -2.20. The molecule has 0 aliphatic rings. The van der Waals surface area contributed by atoms with Crippen molar-refractivity contribution >= 4 is 36.5 Å². The van der Waals surface area contributed by atoms with Crippen LogP contribution in [0.2, 0.25) is 0 Å². The normalized spacial score (nSPS) is 11.0. The van der Waals surface area contributed by atoms with Crippen molar-refractivity contribution in [1.82, 2.24) is 4.72 Å². The van der Waals surface area contributed by atoms with Gasteiger partial charge in [-0.05, 0) is 105 Å². The van der Waals surface area contributed by atoms with Gasteiger partial charge in [0.1, 0.15) is 5.75 Å². The molecule has 0 saturated heterocycles. The minimum atomic E-state index is -4.52. The Morgan fingerprint density at radius 3 is 2.20 bits per heavy atom. The number of thiol groups is 1. The highest BCUT2D eigenvalue weighted by Crippen LogP contribution is 2.39. The molecule has 6 nitrogen and oxygen atoms in total. The summed E-state index contributed by atoms with van der Waals surface area (Å²) in [6.45, 7) is 9.85. The molecule has 11 heteroatoms. The topological polar surface area (TPSA) is 90.8 Å². The van der Waals surface area contributed by atoms with Gasteiger partial charge in [0.05, 0.1) is 17.6 Å². The van der Waals surface area contributed by atoms with Crippen LogP contribution < -0.4 is 14.8 Å². The SMILES string of the molecule is CC.COc1cc(C(=O)Nc2ccc(-c3ccccc3C(F)(F)F)c(CCO)c2)ccc1SNC(C)(C)C.OS. The van der Waals surface area contributed by atoms with Crippen LogP contribution in [0.1, 0.15) is 56.1 Å². The molecule has 0 aliphatic heterocycles. The van der Waals surface area contributed by atoms with Crippen LogP contribution in [-0.2, 0) is 12.6 Å². The van der Waals surface area contributed by atoms with E-state index in [-0.39, 0.29) is 24.1 Å². The third kappa shape index (κ3) is 10.4. The van der Waals surface area contributed by atoms with Gasteiger partial charge in [0, 0.05) is 23.4 Å². The zero-order chi connectivity index (χ0) is 30.5. The molecular formula is C29H37F3N2O4S2. The summed E-state index contributed by atoms with van der Waals surface area (Å²) in [5.41, 5.74) is 0.754. The molecule has 220 valence electrons. The second-order valence-corrected chi connectivity index (χ2v) is 10.0. The van der Waals surface area contributed by atoms with Crippen LogP contribution in [0.5, 0.6) is 5.75 Å². The highest BCUT2D eigenvalue weighted by Gasteiger charge is 2.33. The summed E-state index contributed by atoms with van der Waals surface area (Å²) in [6.07, 6.45) is -4.39. The first-order chi connectivity index (χ1) is 18.9. The number of nitrogens with one attached hydrogen (secondary N) is 2. The largest absolute Gasteiger partial charge is 0.496 e. The first-order valence-corrected chi connectivity index (χ1v) is 13.7. The highest BCUT2D eigenvalue weighted by molar-refractivity contribution is 7.97. The molecule has 40 heavy (non-hydrogen) atoms. The standard InChI is InChI=1S/C27H29F3N2O3S.C2H6.H2OS/c1-26(2,3)32-36-24-12-9-18(16-23(24)35-4)25(34)31-19-10-11-20(17(15-19)13-14-33)21-7-5-6-8-22(21)27(28,29)30;2*1-2/h5-12,15-16,32-33H,13-14H2,1-4H3,(H,31,34);1-2H3;1-2H. The molecule has 0 unspecified atom stereocenters. The molecule has 3 aromatic carbocycles. The van der Waals surface area contributed by atoms with Crippen molar-refractivity contribution < 1.29 is 32.4 Å². The van der Waals surface area contributed by atoms with Crippen LogP contribution in [0.4, 0.5) is 18.9 Å². The summed E-state index contributed by atoms with van der Waals surface area (Å²) >= 11 is 3.93. The number of hydrogen-bond acceptors (Lipinski definition) is 7. The number of ether oxygens (including phenoxy) is 1. The second kappa shape index (κ2) is 16.5. The predicted molar refractivity (Wildman–Crippen MR) is 160 cm³/mol. The number of aliphatic hydroxyl groups is 1. The van der Waals surface area contributed by atoms with E-state index < -0.39 is 17.6 Å². The number of amides is 1. The first kappa shape index (κ1) is 35.3. The average molecular weight is 599 g/mol. The Morgan fingerprint density at radius 2 is 1.62 bits per heavy atom. The van der Waals surface area contributed by atoms with Crippen LogP contribution >= 0.6 is 24.9 Å². The fourth-order valence-corrected chi connectivity index (χ4v) is 4.33. The van der Waals surface area contributed by atoms with Gasteiger partial charge in [-0.2, -0.15) is 13.2 Å². The van der Waals surface area contributed by atoms with Crippen LogP contribution in [-0.4, -0.2) is 34.8 Å². The molecule has 1 amide bonds. The Hall–Kier alpha value is -2.70. The van der Waals surface area contributed by atoms with Gasteiger partial charge in [0.2, 0.25) is 0 Å². The lowest BCUT2D eigenvalue weighted by molar-refractivity contribution is -0.137. The van der Waals surface area contributed by atoms with Gasteiger partial charge < -0.3 is 19.7 Å². The third-order valence-electron chi connectivity index (χ3n) is 5.16. The molecule has 0 radical (unpaired) electrons. The minimum Gasteiger partial charge on any atom is -0.496 e. The van der Waals surface area contributed by atoms with E-state index >= 15 is 0 Å². The molecule has 3 aromatic rings. The molecule has 0 heterocycles. The number of benzene rings is 3. The quantitative estimate of drug-likeness (QED) is 0.103. The van der Waals surface area contributed by atoms with Crippen molar-refractivity contribution in [3.8, 4) is 16.9 Å². The molecule has 0 aromatic heterocycles. The summed E-state index contributed by atoms with van der Waals surface area (Å²) in [5.74, 6) is 0.136. The van der Waals surface area contributed by atoms with E-state index in [1.807, 2.05) is 34.6 Å². The van der Waals surface area contributed by atoms with E-state index in [0.29, 0.717) is 28.1 Å². The number of hydrogen-bond donors (Lipinski definition) is 5. The zero-order valence-corrected chi connectivity index (χ0v) is 25.1. The van der Waals surface area contributed by atoms with Gasteiger partial charge in [0.15, 0.2) is 0 Å². The number of carbonyl (C=O) groups is 1. The number of carbonyl (C=O) groups excluding carboxylic acids is 1. The van der Waals surface area contributed by atoms with Crippen molar-refractivity contribution in [2.75, 3.05) is 19.0 Å². The third-order valence-corrected chi connectivity index (χ3v) is 6.43. The summed E-state index contributed by atoms with van der Waals surface area (Å²) in [6, 6.07) is 15.1. The van der Waals surface area contributed by atoms with Gasteiger partial charge >= 0.3 is 6.18 Å². The van der Waals surface area contributed by atoms with Crippen molar-refractivity contribution in [3.05, 3.63) is 77.4 Å². The molecule has 3 rings (SSSR count). The smallest absolute Gasteiger partial charge is 0.417 e. The van der Waals surface area contributed by atoms with E-state index in [0.717, 1.165) is 11.0 Å². The average Bonchev–Trinajstić information content (AvgIpc) is 2.93. The Bertz CT molecular complexity index is 1230. The zero-order valence-electron chi connectivity index (χ0n) is 23.4. The van der Waals surface area contributed by atoms with Crippen LogP contribution in [0, 0.1) is 0 Å². The lowest BCUT2D eigenvalue weighted by atomic mass is 9.93. The molecule has 4 N–H and O–H groups in total. The van der Waals surface area contributed by atoms with Crippen molar-refractivity contribution in [2.24, 2.45) is 0 Å². The maximum atomic E-state index is 13.6. The molecule has 0 fully saturated rings. The highest BCUT2D eigenvalue weighted by atomic mass is 32.2. The molecular weight excluding hydrogens is 561 g/mol. The van der Waals surface area contributed by atoms with Crippen LogP contribution in [0.25, 0.3) is 11.1 Å². The van der Waals surface area contributed by atoms with Gasteiger partial charge in [0.25, 0.3) is 5.91 Å². The van der Waals surface area contributed by atoms with Crippen molar-refractivity contribution in [3.63, 3.8) is 0 Å². The van der Waals surface area contributed by atoms with E-state index in [4.69, 9.17) is 9.29 Å². The van der Waals surface area contributed by atoms with E-state index in [1.54, 1.807) is 30.3 Å².